The van der Waals surface area contributed by atoms with E-state index in [2.05, 4.69) is 5.32 Å². The summed E-state index contributed by atoms with van der Waals surface area (Å²) < 4.78 is 5.03. The van der Waals surface area contributed by atoms with Crippen molar-refractivity contribution < 1.29 is 14.3 Å². The average molecular weight is 378 g/mol. The second-order valence-electron chi connectivity index (χ2n) is 5.53. The van der Waals surface area contributed by atoms with Crippen molar-refractivity contribution in [1.82, 2.24) is 0 Å². The summed E-state index contributed by atoms with van der Waals surface area (Å²) in [5.41, 5.74) is 2.71. The van der Waals surface area contributed by atoms with Crippen molar-refractivity contribution in [2.75, 3.05) is 17.7 Å². The Balaban J connectivity index is 1.70. The van der Waals surface area contributed by atoms with Gasteiger partial charge in [0.25, 0.3) is 5.91 Å². The Hall–Kier alpha value is -1.98. The number of rotatable bonds is 7. The number of hydrogen-bond acceptors (Lipinski definition) is 4. The molecule has 25 heavy (non-hydrogen) atoms. The van der Waals surface area contributed by atoms with Crippen molar-refractivity contribution in [1.29, 1.82) is 0 Å². The highest BCUT2D eigenvalue weighted by Crippen LogP contribution is 2.21. The molecule has 0 saturated carbocycles. The molecule has 0 aliphatic heterocycles. The van der Waals surface area contributed by atoms with Gasteiger partial charge in [0.15, 0.2) is 6.61 Å². The zero-order chi connectivity index (χ0) is 18.2. The maximum absolute atomic E-state index is 11.9. The highest BCUT2D eigenvalue weighted by Gasteiger charge is 2.10. The predicted octanol–water partition coefficient (Wildman–Crippen LogP) is 4.62. The van der Waals surface area contributed by atoms with E-state index in [0.717, 1.165) is 21.7 Å². The maximum atomic E-state index is 11.9. The summed E-state index contributed by atoms with van der Waals surface area (Å²) in [6, 6.07) is 13.2. The first-order chi connectivity index (χ1) is 12.0. The van der Waals surface area contributed by atoms with E-state index in [0.29, 0.717) is 10.8 Å². The standard InChI is InChI=1S/C19H20ClNO3S/c1-13-4-3-5-14(2)19(13)21-17(22)12-24-18(23)10-11-25-16-8-6-15(20)7-9-16/h3-9H,10-12H2,1-2H3,(H,21,22). The number of anilines is 1. The normalized spacial score (nSPS) is 10.4. The van der Waals surface area contributed by atoms with Crippen LogP contribution in [-0.2, 0) is 14.3 Å². The van der Waals surface area contributed by atoms with E-state index in [9.17, 15) is 9.59 Å². The topological polar surface area (TPSA) is 55.4 Å². The van der Waals surface area contributed by atoms with Gasteiger partial charge in [-0.3, -0.25) is 9.59 Å². The van der Waals surface area contributed by atoms with Gasteiger partial charge in [0.2, 0.25) is 0 Å². The SMILES string of the molecule is Cc1cccc(C)c1NC(=O)COC(=O)CCSc1ccc(Cl)cc1. The molecule has 6 heteroatoms. The number of ether oxygens (including phenoxy) is 1. The zero-order valence-corrected chi connectivity index (χ0v) is 15.7. The Labute approximate surface area is 156 Å². The summed E-state index contributed by atoms with van der Waals surface area (Å²) in [6.07, 6.45) is 0.240. The number of hydrogen-bond donors (Lipinski definition) is 1. The molecule has 2 aromatic carbocycles. The number of para-hydroxylation sites is 1. The van der Waals surface area contributed by atoms with Gasteiger partial charge in [-0.05, 0) is 49.2 Å². The van der Waals surface area contributed by atoms with Crippen LogP contribution in [0.25, 0.3) is 0 Å². The molecular formula is C19H20ClNO3S. The van der Waals surface area contributed by atoms with Crippen LogP contribution in [0, 0.1) is 13.8 Å². The molecule has 132 valence electrons. The van der Waals surface area contributed by atoms with Gasteiger partial charge < -0.3 is 10.1 Å². The fraction of sp³-hybridized carbons (Fsp3) is 0.263. The molecule has 1 N–H and O–H groups in total. The number of amides is 1. The van der Waals surface area contributed by atoms with Crippen molar-refractivity contribution in [3.05, 3.63) is 58.6 Å². The molecule has 0 fully saturated rings. The number of thioether (sulfide) groups is 1. The highest BCUT2D eigenvalue weighted by atomic mass is 35.5. The van der Waals surface area contributed by atoms with Crippen molar-refractivity contribution in [2.45, 2.75) is 25.2 Å². The molecule has 0 atom stereocenters. The van der Waals surface area contributed by atoms with Crippen LogP contribution >= 0.6 is 23.4 Å². The number of nitrogens with one attached hydrogen (secondary N) is 1. The number of aryl methyl sites for hydroxylation is 2. The molecule has 1 amide bonds. The second-order valence-corrected chi connectivity index (χ2v) is 7.13. The van der Waals surface area contributed by atoms with Crippen LogP contribution in [0.2, 0.25) is 5.02 Å². The first-order valence-electron chi connectivity index (χ1n) is 7.86. The minimum Gasteiger partial charge on any atom is -0.456 e. The second kappa shape index (κ2) is 9.49. The van der Waals surface area contributed by atoms with Crippen LogP contribution in [0.5, 0.6) is 0 Å². The first kappa shape index (κ1) is 19.3. The minimum absolute atomic E-state index is 0.240. The van der Waals surface area contributed by atoms with Crippen LogP contribution in [0.3, 0.4) is 0 Å². The highest BCUT2D eigenvalue weighted by molar-refractivity contribution is 7.99. The third-order valence-corrected chi connectivity index (χ3v) is 4.76. The quantitative estimate of drug-likeness (QED) is 0.565. The lowest BCUT2D eigenvalue weighted by Gasteiger charge is -2.11. The minimum atomic E-state index is -0.391. The van der Waals surface area contributed by atoms with Crippen LogP contribution in [0.4, 0.5) is 5.69 Å². The van der Waals surface area contributed by atoms with Gasteiger partial charge in [0, 0.05) is 21.4 Å². The number of halogens is 1. The summed E-state index contributed by atoms with van der Waals surface area (Å²) in [7, 11) is 0. The molecule has 0 spiro atoms. The zero-order valence-electron chi connectivity index (χ0n) is 14.2. The van der Waals surface area contributed by atoms with E-state index in [-0.39, 0.29) is 18.9 Å². The summed E-state index contributed by atoms with van der Waals surface area (Å²) in [5.74, 6) is -0.145. The van der Waals surface area contributed by atoms with Gasteiger partial charge in [-0.25, -0.2) is 0 Å². The average Bonchev–Trinajstić information content (AvgIpc) is 2.58. The molecule has 0 aromatic heterocycles. The molecule has 2 aromatic rings. The Morgan fingerprint density at radius 3 is 2.36 bits per heavy atom. The van der Waals surface area contributed by atoms with Crippen molar-refractivity contribution in [3.63, 3.8) is 0 Å². The van der Waals surface area contributed by atoms with Gasteiger partial charge in [-0.2, -0.15) is 0 Å². The summed E-state index contributed by atoms with van der Waals surface area (Å²) in [6.45, 7) is 3.56. The molecule has 0 saturated heterocycles. The van der Waals surface area contributed by atoms with Crippen LogP contribution < -0.4 is 5.32 Å². The number of benzene rings is 2. The fourth-order valence-corrected chi connectivity index (χ4v) is 3.15. The number of esters is 1. The molecule has 2 rings (SSSR count). The van der Waals surface area contributed by atoms with Crippen molar-refractivity contribution >= 4 is 40.9 Å². The van der Waals surface area contributed by atoms with Gasteiger partial charge in [0.05, 0.1) is 6.42 Å². The Bertz CT molecular complexity index is 727. The Kier molecular flexibility index (Phi) is 7.34. The van der Waals surface area contributed by atoms with E-state index in [4.69, 9.17) is 16.3 Å². The molecule has 0 heterocycles. The third-order valence-electron chi connectivity index (χ3n) is 3.50. The molecule has 0 aliphatic rings. The fourth-order valence-electron chi connectivity index (χ4n) is 2.19. The molecule has 4 nitrogen and oxygen atoms in total. The molecule has 0 unspecified atom stereocenters. The van der Waals surface area contributed by atoms with E-state index >= 15 is 0 Å². The maximum Gasteiger partial charge on any atom is 0.307 e. The smallest absolute Gasteiger partial charge is 0.307 e. The van der Waals surface area contributed by atoms with Gasteiger partial charge in [-0.1, -0.05) is 29.8 Å². The summed E-state index contributed by atoms with van der Waals surface area (Å²) in [4.78, 5) is 24.7. The largest absolute Gasteiger partial charge is 0.456 e. The molecule has 0 radical (unpaired) electrons. The van der Waals surface area contributed by atoms with Gasteiger partial charge >= 0.3 is 5.97 Å². The van der Waals surface area contributed by atoms with Gasteiger partial charge in [0.1, 0.15) is 0 Å². The molecular weight excluding hydrogens is 358 g/mol. The number of carbonyl (C=O) groups is 2. The molecule has 0 aliphatic carbocycles. The van der Waals surface area contributed by atoms with E-state index in [1.54, 1.807) is 12.1 Å². The van der Waals surface area contributed by atoms with Crippen molar-refractivity contribution in [3.8, 4) is 0 Å². The lowest BCUT2D eigenvalue weighted by molar-refractivity contribution is -0.146. The monoisotopic (exact) mass is 377 g/mol. The molecule has 0 bridgehead atoms. The Morgan fingerprint density at radius 2 is 1.72 bits per heavy atom. The summed E-state index contributed by atoms with van der Waals surface area (Å²) >= 11 is 7.36. The predicted molar refractivity (Wildman–Crippen MR) is 102 cm³/mol. The lowest BCUT2D eigenvalue weighted by atomic mass is 10.1. The first-order valence-corrected chi connectivity index (χ1v) is 9.22. The van der Waals surface area contributed by atoms with Crippen molar-refractivity contribution in [2.24, 2.45) is 0 Å². The number of carbonyl (C=O) groups excluding carboxylic acids is 2. The van der Waals surface area contributed by atoms with Crippen LogP contribution in [0.15, 0.2) is 47.4 Å². The summed E-state index contributed by atoms with van der Waals surface area (Å²) in [5, 5.41) is 3.47. The third kappa shape index (κ3) is 6.44. The van der Waals surface area contributed by atoms with Crippen LogP contribution in [-0.4, -0.2) is 24.2 Å². The van der Waals surface area contributed by atoms with Gasteiger partial charge in [-0.15, -0.1) is 11.8 Å². The van der Waals surface area contributed by atoms with E-state index in [1.165, 1.54) is 11.8 Å². The van der Waals surface area contributed by atoms with E-state index in [1.807, 2.05) is 44.2 Å². The lowest BCUT2D eigenvalue weighted by Crippen LogP contribution is -2.22. The Morgan fingerprint density at radius 1 is 1.08 bits per heavy atom. The van der Waals surface area contributed by atoms with E-state index < -0.39 is 5.97 Å². The van der Waals surface area contributed by atoms with Crippen LogP contribution in [0.1, 0.15) is 17.5 Å².